The van der Waals surface area contributed by atoms with Crippen molar-refractivity contribution in [3.05, 3.63) is 0 Å². The second-order valence-corrected chi connectivity index (χ2v) is 5.25. The number of likely N-dealkylation sites (N-methyl/N-ethyl adjacent to an activating group) is 2. The van der Waals surface area contributed by atoms with E-state index in [-0.39, 0.29) is 5.92 Å². The SMILES string of the molecule is CC(CN(C)CC1CN(C)CCO1)C(N)=S. The highest BCUT2D eigenvalue weighted by atomic mass is 32.1. The lowest BCUT2D eigenvalue weighted by Gasteiger charge is -2.33. The lowest BCUT2D eigenvalue weighted by atomic mass is 10.1. The molecule has 0 saturated carbocycles. The molecule has 0 aromatic heterocycles. The Hall–Kier alpha value is -0.230. The zero-order valence-corrected chi connectivity index (χ0v) is 11.3. The van der Waals surface area contributed by atoms with Gasteiger partial charge in [0, 0.05) is 32.1 Å². The minimum atomic E-state index is 0.265. The van der Waals surface area contributed by atoms with Gasteiger partial charge < -0.3 is 20.3 Å². The minimum Gasteiger partial charge on any atom is -0.393 e. The predicted octanol–water partition coefficient (Wildman–Crippen LogP) is 0.171. The first-order chi connectivity index (χ1) is 7.49. The van der Waals surface area contributed by atoms with E-state index in [1.165, 1.54) is 0 Å². The van der Waals surface area contributed by atoms with Gasteiger partial charge in [-0.25, -0.2) is 0 Å². The Balaban J connectivity index is 2.27. The number of thiocarbonyl (C=S) groups is 1. The molecule has 1 fully saturated rings. The molecule has 16 heavy (non-hydrogen) atoms. The van der Waals surface area contributed by atoms with Crippen LogP contribution < -0.4 is 5.73 Å². The fourth-order valence-corrected chi connectivity index (χ4v) is 2.03. The second kappa shape index (κ2) is 6.49. The maximum Gasteiger partial charge on any atom is 0.0829 e. The van der Waals surface area contributed by atoms with Crippen LogP contribution in [0.5, 0.6) is 0 Å². The molecule has 1 saturated heterocycles. The molecular weight excluding hydrogens is 222 g/mol. The lowest BCUT2D eigenvalue weighted by molar-refractivity contribution is -0.0329. The van der Waals surface area contributed by atoms with Gasteiger partial charge in [0.25, 0.3) is 0 Å². The van der Waals surface area contributed by atoms with Gasteiger partial charge in [-0.3, -0.25) is 0 Å². The summed E-state index contributed by atoms with van der Waals surface area (Å²) in [5.74, 6) is 0.265. The van der Waals surface area contributed by atoms with Crippen LogP contribution in [-0.2, 0) is 4.74 Å². The van der Waals surface area contributed by atoms with Crippen LogP contribution in [0.1, 0.15) is 6.92 Å². The number of ether oxygens (including phenoxy) is 1. The van der Waals surface area contributed by atoms with Gasteiger partial charge in [-0.2, -0.15) is 0 Å². The van der Waals surface area contributed by atoms with Crippen LogP contribution in [0.4, 0.5) is 0 Å². The van der Waals surface area contributed by atoms with Crippen LogP contribution >= 0.6 is 12.2 Å². The van der Waals surface area contributed by atoms with Gasteiger partial charge in [-0.15, -0.1) is 0 Å². The molecule has 2 unspecified atom stereocenters. The first-order valence-corrected chi connectivity index (χ1v) is 6.18. The molecule has 1 aliphatic heterocycles. The standard InChI is InChI=1S/C11H23N3OS/c1-9(11(12)16)6-14(3)8-10-7-13(2)4-5-15-10/h9-10H,4-8H2,1-3H3,(H2,12,16). The van der Waals surface area contributed by atoms with Crippen LogP contribution in [-0.4, -0.2) is 67.8 Å². The summed E-state index contributed by atoms with van der Waals surface area (Å²) < 4.78 is 5.71. The second-order valence-electron chi connectivity index (χ2n) is 4.78. The third kappa shape index (κ3) is 4.74. The fraction of sp³-hybridized carbons (Fsp3) is 0.909. The molecule has 5 heteroatoms. The van der Waals surface area contributed by atoms with Crippen molar-refractivity contribution >= 4 is 17.2 Å². The Bertz CT molecular complexity index is 237. The molecule has 2 N–H and O–H groups in total. The van der Waals surface area contributed by atoms with E-state index in [0.717, 1.165) is 32.8 Å². The first kappa shape index (κ1) is 13.8. The van der Waals surface area contributed by atoms with Crippen LogP contribution in [0.3, 0.4) is 0 Å². The van der Waals surface area contributed by atoms with Crippen molar-refractivity contribution in [2.45, 2.75) is 13.0 Å². The van der Waals surface area contributed by atoms with Gasteiger partial charge in [0.05, 0.1) is 17.7 Å². The third-order valence-electron chi connectivity index (χ3n) is 2.93. The van der Waals surface area contributed by atoms with Crippen molar-refractivity contribution in [3.8, 4) is 0 Å². The summed E-state index contributed by atoms with van der Waals surface area (Å²) in [4.78, 5) is 5.14. The normalized spacial score (nSPS) is 24.6. The zero-order chi connectivity index (χ0) is 12.1. The van der Waals surface area contributed by atoms with Crippen LogP contribution in [0.2, 0.25) is 0 Å². The molecule has 0 spiro atoms. The average molecular weight is 245 g/mol. The van der Waals surface area contributed by atoms with Gasteiger partial charge in [-0.1, -0.05) is 19.1 Å². The maximum atomic E-state index is 5.71. The van der Waals surface area contributed by atoms with E-state index in [2.05, 4.69) is 30.8 Å². The summed E-state index contributed by atoms with van der Waals surface area (Å²) >= 11 is 4.97. The van der Waals surface area contributed by atoms with Gasteiger partial charge in [0.1, 0.15) is 0 Å². The van der Waals surface area contributed by atoms with Crippen LogP contribution in [0.25, 0.3) is 0 Å². The molecular formula is C11H23N3OS. The molecule has 0 aromatic carbocycles. The number of nitrogens with two attached hydrogens (primary N) is 1. The summed E-state index contributed by atoms with van der Waals surface area (Å²) in [6.45, 7) is 6.78. The molecule has 1 rings (SSSR count). The van der Waals surface area contributed by atoms with Gasteiger partial charge in [-0.05, 0) is 14.1 Å². The summed E-state index contributed by atoms with van der Waals surface area (Å²) in [6.07, 6.45) is 0.308. The molecule has 1 heterocycles. The molecule has 0 aromatic rings. The number of rotatable bonds is 5. The fourth-order valence-electron chi connectivity index (χ4n) is 1.96. The zero-order valence-electron chi connectivity index (χ0n) is 10.5. The molecule has 4 nitrogen and oxygen atoms in total. The highest BCUT2D eigenvalue weighted by Gasteiger charge is 2.20. The Morgan fingerprint density at radius 1 is 1.69 bits per heavy atom. The van der Waals surface area contributed by atoms with E-state index >= 15 is 0 Å². The predicted molar refractivity (Wildman–Crippen MR) is 70.7 cm³/mol. The molecule has 0 aliphatic carbocycles. The summed E-state index contributed by atoms with van der Waals surface area (Å²) in [7, 11) is 4.22. The molecule has 2 atom stereocenters. The molecule has 0 bridgehead atoms. The molecule has 94 valence electrons. The molecule has 0 amide bonds. The third-order valence-corrected chi connectivity index (χ3v) is 3.33. The van der Waals surface area contributed by atoms with Gasteiger partial charge in [0.2, 0.25) is 0 Å². The van der Waals surface area contributed by atoms with Crippen LogP contribution in [0, 0.1) is 5.92 Å². The maximum absolute atomic E-state index is 5.71. The first-order valence-electron chi connectivity index (χ1n) is 5.77. The smallest absolute Gasteiger partial charge is 0.0829 e. The Labute approximate surface area is 104 Å². The van der Waals surface area contributed by atoms with E-state index in [1.54, 1.807) is 0 Å². The van der Waals surface area contributed by atoms with E-state index < -0.39 is 0 Å². The van der Waals surface area contributed by atoms with Crippen molar-refractivity contribution in [3.63, 3.8) is 0 Å². The quantitative estimate of drug-likeness (QED) is 0.700. The Morgan fingerprint density at radius 2 is 2.38 bits per heavy atom. The average Bonchev–Trinajstić information content (AvgIpc) is 2.16. The summed E-state index contributed by atoms with van der Waals surface area (Å²) in [6, 6.07) is 0. The van der Waals surface area contributed by atoms with Crippen molar-refractivity contribution < 1.29 is 4.74 Å². The largest absolute Gasteiger partial charge is 0.393 e. The lowest BCUT2D eigenvalue weighted by Crippen LogP contribution is -2.46. The van der Waals surface area contributed by atoms with Crippen molar-refractivity contribution in [2.24, 2.45) is 11.7 Å². The van der Waals surface area contributed by atoms with E-state index in [4.69, 9.17) is 22.7 Å². The van der Waals surface area contributed by atoms with Gasteiger partial charge >= 0.3 is 0 Å². The van der Waals surface area contributed by atoms with E-state index in [1.807, 2.05) is 0 Å². The number of hydrogen-bond acceptors (Lipinski definition) is 4. The highest BCUT2D eigenvalue weighted by molar-refractivity contribution is 7.80. The topological polar surface area (TPSA) is 41.7 Å². The number of morpholine rings is 1. The van der Waals surface area contributed by atoms with Crippen molar-refractivity contribution in [1.82, 2.24) is 9.80 Å². The van der Waals surface area contributed by atoms with Crippen molar-refractivity contribution in [1.29, 1.82) is 0 Å². The molecule has 1 aliphatic rings. The van der Waals surface area contributed by atoms with E-state index in [9.17, 15) is 0 Å². The van der Waals surface area contributed by atoms with Crippen molar-refractivity contribution in [2.75, 3.05) is 46.9 Å². The van der Waals surface area contributed by atoms with Crippen LogP contribution in [0.15, 0.2) is 0 Å². The minimum absolute atomic E-state index is 0.265. The number of hydrogen-bond donors (Lipinski definition) is 1. The Kier molecular flexibility index (Phi) is 5.61. The summed E-state index contributed by atoms with van der Waals surface area (Å²) in [5.41, 5.74) is 5.60. The monoisotopic (exact) mass is 245 g/mol. The van der Waals surface area contributed by atoms with E-state index in [0.29, 0.717) is 11.1 Å². The summed E-state index contributed by atoms with van der Waals surface area (Å²) in [5, 5.41) is 0. The molecule has 0 radical (unpaired) electrons. The van der Waals surface area contributed by atoms with Gasteiger partial charge in [0.15, 0.2) is 0 Å². The highest BCUT2D eigenvalue weighted by Crippen LogP contribution is 2.06. The Morgan fingerprint density at radius 3 is 2.94 bits per heavy atom. The number of nitrogens with zero attached hydrogens (tertiary/aromatic N) is 2.